The van der Waals surface area contributed by atoms with Crippen molar-refractivity contribution in [1.82, 2.24) is 4.90 Å². The fourth-order valence-electron chi connectivity index (χ4n) is 7.68. The zero-order chi connectivity index (χ0) is 36.1. The molecular formula is C36H62N2O10. The van der Waals surface area contributed by atoms with Crippen molar-refractivity contribution >= 4 is 17.5 Å². The van der Waals surface area contributed by atoms with E-state index in [1.807, 2.05) is 55.6 Å². The molecule has 0 radical (unpaired) electrons. The Hall–Kier alpha value is -1.93. The average molecular weight is 683 g/mol. The van der Waals surface area contributed by atoms with E-state index in [1.54, 1.807) is 21.0 Å². The predicted octanol–water partition coefficient (Wildman–Crippen LogP) is 4.16. The Morgan fingerprint density at radius 3 is 2.31 bits per heavy atom. The molecule has 0 aromatic carbocycles. The van der Waals surface area contributed by atoms with Gasteiger partial charge < -0.3 is 43.3 Å². The number of fused-ring (bicyclic) bond motifs is 5. The van der Waals surface area contributed by atoms with E-state index in [0.29, 0.717) is 25.2 Å². The molecule has 0 aliphatic carbocycles. The van der Waals surface area contributed by atoms with Crippen molar-refractivity contribution in [2.75, 3.05) is 41.0 Å². The van der Waals surface area contributed by atoms with Gasteiger partial charge >= 0.3 is 5.97 Å². The number of hydrogen-bond acceptors (Lipinski definition) is 12. The Kier molecular flexibility index (Phi) is 14.2. The molecule has 0 spiro atoms. The maximum absolute atomic E-state index is 14.3. The molecule has 12 nitrogen and oxygen atoms in total. The normalized spacial score (nSPS) is 43.3. The van der Waals surface area contributed by atoms with Gasteiger partial charge in [-0.05, 0) is 73.9 Å². The highest BCUT2D eigenvalue weighted by Crippen LogP contribution is 2.42. The minimum atomic E-state index is -1.64. The van der Waals surface area contributed by atoms with Crippen LogP contribution in [0.5, 0.6) is 0 Å². The lowest BCUT2D eigenvalue weighted by molar-refractivity contribution is -0.300. The SMILES string of the molecule is C=C1[C@H](C)C[C@@]2(C)OC/C(=N/OCC)CO[C@H]([C@H]1C)[C@](C)(O)[C@@H](CC)OC(=O)C(C)C(=O)[C@H](C)[C@H]2OC1O[C@H](C)C[C@H](N(C)C)[C@H]1OC. The van der Waals surface area contributed by atoms with E-state index in [1.165, 1.54) is 6.92 Å². The van der Waals surface area contributed by atoms with Crippen LogP contribution in [0.15, 0.2) is 17.3 Å². The summed E-state index contributed by atoms with van der Waals surface area (Å²) >= 11 is 0. The van der Waals surface area contributed by atoms with E-state index >= 15 is 0 Å². The third-order valence-electron chi connectivity index (χ3n) is 10.6. The van der Waals surface area contributed by atoms with E-state index in [4.69, 9.17) is 33.3 Å². The fraction of sp³-hybridized carbons (Fsp3) is 0.861. The fourth-order valence-corrected chi connectivity index (χ4v) is 7.68. The summed E-state index contributed by atoms with van der Waals surface area (Å²) in [7, 11) is 5.61. The van der Waals surface area contributed by atoms with Crippen molar-refractivity contribution in [3.8, 4) is 0 Å². The van der Waals surface area contributed by atoms with Gasteiger partial charge in [-0.1, -0.05) is 45.0 Å². The first-order chi connectivity index (χ1) is 22.4. The first kappa shape index (κ1) is 40.5. The van der Waals surface area contributed by atoms with Gasteiger partial charge in [-0.2, -0.15) is 0 Å². The molecule has 0 saturated carbocycles. The standard InChI is InChI=1S/C36H62N2O10/c1-14-28-36(10,41)32-23(6)22(5)20(3)17-35(9,44-19-26(18-43-32)37-45-15-2)31(24(7)29(39)25(8)33(40)47-28)48-34-30(42-13)27(38(11)12)16-21(4)46-34/h20-21,23-25,27-28,30-32,34,41H,5,14-19H2,1-4,6-13H3/b37-26+/t20-,21-,23+,24+,25?,27+,28-,30-,31-,32-,34?,35-,36-/m1/s1. The molecule has 276 valence electrons. The molecule has 2 bridgehead atoms. The molecule has 0 amide bonds. The molecule has 12 heteroatoms. The maximum atomic E-state index is 14.3. The first-order valence-corrected chi connectivity index (χ1v) is 17.5. The van der Waals surface area contributed by atoms with E-state index in [0.717, 1.165) is 12.0 Å². The monoisotopic (exact) mass is 682 g/mol. The quantitative estimate of drug-likeness (QED) is 0.180. The van der Waals surface area contributed by atoms with Gasteiger partial charge in [-0.25, -0.2) is 0 Å². The summed E-state index contributed by atoms with van der Waals surface area (Å²) in [5, 5.41) is 16.4. The van der Waals surface area contributed by atoms with Crippen LogP contribution in [0.2, 0.25) is 0 Å². The van der Waals surface area contributed by atoms with Crippen LogP contribution in [0.4, 0.5) is 0 Å². The Labute approximate surface area is 287 Å². The van der Waals surface area contributed by atoms with Gasteiger partial charge in [-0.15, -0.1) is 0 Å². The molecule has 1 N–H and O–H groups in total. The number of aliphatic hydroxyl groups is 1. The minimum absolute atomic E-state index is 0.00213. The van der Waals surface area contributed by atoms with Crippen LogP contribution in [0.1, 0.15) is 81.6 Å². The first-order valence-electron chi connectivity index (χ1n) is 17.5. The van der Waals surface area contributed by atoms with E-state index in [2.05, 4.69) is 16.6 Å². The zero-order valence-corrected chi connectivity index (χ0v) is 31.3. The van der Waals surface area contributed by atoms with Crippen molar-refractivity contribution < 1.29 is 48.0 Å². The van der Waals surface area contributed by atoms with Gasteiger partial charge in [0.05, 0.1) is 37.1 Å². The van der Waals surface area contributed by atoms with Gasteiger partial charge in [-0.3, -0.25) is 9.59 Å². The molecule has 2 unspecified atom stereocenters. The smallest absolute Gasteiger partial charge is 0.316 e. The summed E-state index contributed by atoms with van der Waals surface area (Å²) in [4.78, 5) is 35.5. The van der Waals surface area contributed by atoms with Crippen LogP contribution in [-0.2, 0) is 42.8 Å². The van der Waals surface area contributed by atoms with E-state index in [-0.39, 0.29) is 43.0 Å². The molecular weight excluding hydrogens is 620 g/mol. The molecule has 3 heterocycles. The summed E-state index contributed by atoms with van der Waals surface area (Å²) in [5.74, 6) is -3.65. The summed E-state index contributed by atoms with van der Waals surface area (Å²) < 4.78 is 38.5. The summed E-state index contributed by atoms with van der Waals surface area (Å²) in [6, 6.07) is -0.0132. The average Bonchev–Trinajstić information content (AvgIpc) is 3.05. The number of esters is 1. The van der Waals surface area contributed by atoms with Gasteiger partial charge in [0.15, 0.2) is 12.1 Å². The van der Waals surface area contributed by atoms with Crippen LogP contribution in [0, 0.1) is 23.7 Å². The van der Waals surface area contributed by atoms with Crippen LogP contribution in [-0.4, -0.2) is 123 Å². The van der Waals surface area contributed by atoms with E-state index in [9.17, 15) is 14.7 Å². The number of cyclic esters (lactones) is 1. The van der Waals surface area contributed by atoms with Crippen LogP contribution < -0.4 is 0 Å². The summed E-state index contributed by atoms with van der Waals surface area (Å²) in [6.45, 7) is 21.2. The lowest BCUT2D eigenvalue weighted by atomic mass is 9.73. The molecule has 3 aliphatic rings. The number of rotatable bonds is 7. The van der Waals surface area contributed by atoms with Gasteiger partial charge in [0, 0.05) is 25.0 Å². The van der Waals surface area contributed by atoms with Crippen molar-refractivity contribution in [2.24, 2.45) is 28.8 Å². The van der Waals surface area contributed by atoms with E-state index < -0.39 is 59.7 Å². The van der Waals surface area contributed by atoms with Crippen molar-refractivity contribution in [1.29, 1.82) is 0 Å². The third-order valence-corrected chi connectivity index (χ3v) is 10.6. The lowest BCUT2D eigenvalue weighted by Gasteiger charge is -2.48. The summed E-state index contributed by atoms with van der Waals surface area (Å²) in [6.07, 6.45) is -2.76. The number of ketones is 1. The number of carbonyl (C=O) groups excluding carboxylic acids is 2. The van der Waals surface area contributed by atoms with Crippen molar-refractivity contribution in [3.05, 3.63) is 12.2 Å². The Balaban J connectivity index is 2.27. The number of ether oxygens (including phenoxy) is 6. The maximum Gasteiger partial charge on any atom is 0.316 e. The molecule has 3 aliphatic heterocycles. The minimum Gasteiger partial charge on any atom is -0.459 e. The van der Waals surface area contributed by atoms with Crippen LogP contribution >= 0.6 is 0 Å². The number of hydrogen-bond donors (Lipinski definition) is 1. The number of carbonyl (C=O) groups is 2. The number of likely N-dealkylation sites (N-methyl/N-ethyl adjacent to an activating group) is 1. The number of oxime groups is 1. The molecule has 0 aromatic heterocycles. The molecule has 48 heavy (non-hydrogen) atoms. The van der Waals surface area contributed by atoms with Gasteiger partial charge in [0.2, 0.25) is 0 Å². The second kappa shape index (κ2) is 16.9. The third kappa shape index (κ3) is 8.86. The zero-order valence-electron chi connectivity index (χ0n) is 31.3. The molecule has 3 fully saturated rings. The predicted molar refractivity (Wildman–Crippen MR) is 181 cm³/mol. The van der Waals surface area contributed by atoms with Crippen LogP contribution in [0.25, 0.3) is 0 Å². The second-order valence-electron chi connectivity index (χ2n) is 14.7. The topological polar surface area (TPSA) is 135 Å². The highest BCUT2D eigenvalue weighted by Gasteiger charge is 2.52. The molecule has 3 rings (SSSR count). The number of Topliss-reactive ketones (excluding diaryl/α,β-unsaturated/α-hetero) is 1. The Morgan fingerprint density at radius 1 is 1.06 bits per heavy atom. The molecule has 13 atom stereocenters. The molecule has 0 aromatic rings. The number of nitrogens with zero attached hydrogens (tertiary/aromatic N) is 2. The Bertz CT molecular complexity index is 1140. The molecule has 3 saturated heterocycles. The van der Waals surface area contributed by atoms with Crippen molar-refractivity contribution in [2.45, 2.75) is 136 Å². The highest BCUT2D eigenvalue weighted by atomic mass is 16.7. The van der Waals surface area contributed by atoms with Gasteiger partial charge in [0.1, 0.15) is 36.0 Å². The highest BCUT2D eigenvalue weighted by molar-refractivity contribution is 6.00. The number of methoxy groups -OCH3 is 1. The summed E-state index contributed by atoms with van der Waals surface area (Å²) in [5.41, 5.74) is -1.51. The Morgan fingerprint density at radius 2 is 1.73 bits per heavy atom. The largest absolute Gasteiger partial charge is 0.459 e. The van der Waals surface area contributed by atoms with Gasteiger partial charge in [0.25, 0.3) is 0 Å². The van der Waals surface area contributed by atoms with Crippen molar-refractivity contribution in [3.63, 3.8) is 0 Å². The lowest BCUT2D eigenvalue weighted by Crippen LogP contribution is -2.60. The van der Waals surface area contributed by atoms with Crippen LogP contribution in [0.3, 0.4) is 0 Å². The second-order valence-corrected chi connectivity index (χ2v) is 14.7.